The number of methoxy groups -OCH3 is 2. The summed E-state index contributed by atoms with van der Waals surface area (Å²) in [6.45, 7) is 0. The first kappa shape index (κ1) is 15.0. The molecule has 5 heteroatoms. The summed E-state index contributed by atoms with van der Waals surface area (Å²) in [6.07, 6.45) is 2.56. The predicted octanol–water partition coefficient (Wildman–Crippen LogP) is 1.34. The summed E-state index contributed by atoms with van der Waals surface area (Å²) in [5, 5.41) is 7.13. The fourth-order valence-electron chi connectivity index (χ4n) is 0.759. The van der Waals surface area contributed by atoms with Crippen molar-refractivity contribution in [2.24, 2.45) is 0 Å². The van der Waals surface area contributed by atoms with Gasteiger partial charge in [0.15, 0.2) is 5.90 Å². The summed E-state index contributed by atoms with van der Waals surface area (Å²) in [7, 11) is 2.85. The van der Waals surface area contributed by atoms with Gasteiger partial charge < -0.3 is 9.47 Å². The van der Waals surface area contributed by atoms with Crippen molar-refractivity contribution in [3.8, 4) is 0 Å². The number of hydrogen-bond donors (Lipinski definition) is 1. The van der Waals surface area contributed by atoms with Crippen molar-refractivity contribution >= 4 is 11.9 Å². The molecule has 0 spiro atoms. The van der Waals surface area contributed by atoms with Crippen molar-refractivity contribution in [3.05, 3.63) is 0 Å². The average Bonchev–Trinajstić information content (AvgIpc) is 2.11. The summed E-state index contributed by atoms with van der Waals surface area (Å²) >= 11 is 0. The quantitative estimate of drug-likeness (QED) is 0.332. The first-order chi connectivity index (χ1) is 5.70. The van der Waals surface area contributed by atoms with Crippen LogP contribution in [0, 0.1) is 5.41 Å². The van der Waals surface area contributed by atoms with Crippen LogP contribution in [0.5, 0.6) is 0 Å². The normalized spacial score (nSPS) is 8.46. The molecule has 0 unspecified atom stereocenters. The summed E-state index contributed by atoms with van der Waals surface area (Å²) in [6, 6.07) is 0. The molecule has 0 aliphatic rings. The van der Waals surface area contributed by atoms with Crippen LogP contribution in [0.2, 0.25) is 0 Å². The summed E-state index contributed by atoms with van der Waals surface area (Å²) < 4.78 is 9.11. The van der Waals surface area contributed by atoms with Crippen LogP contribution in [0.25, 0.3) is 0 Å². The number of rotatable bonds is 5. The van der Waals surface area contributed by atoms with Crippen LogP contribution in [0.1, 0.15) is 25.7 Å². The van der Waals surface area contributed by atoms with Crippen LogP contribution in [-0.4, -0.2) is 26.1 Å². The Hall–Kier alpha value is -0.528. The molecule has 0 bridgehead atoms. The maximum Gasteiger partial charge on any atom is 0.305 e. The minimum absolute atomic E-state index is 0. The van der Waals surface area contributed by atoms with Crippen LogP contribution in [-0.2, 0) is 31.6 Å². The second kappa shape index (κ2) is 9.56. The smallest absolute Gasteiger partial charge is 0.305 e. The topological polar surface area (TPSA) is 59.4 Å². The van der Waals surface area contributed by atoms with Crippen molar-refractivity contribution in [1.29, 1.82) is 5.41 Å². The van der Waals surface area contributed by atoms with E-state index in [4.69, 9.17) is 5.41 Å². The Balaban J connectivity index is 0. The van der Waals surface area contributed by atoms with Gasteiger partial charge in [-0.2, -0.15) is 0 Å². The standard InChI is InChI=1S/C8H15NO3.Cr/c1-11-7(9)5-3-4-6-8(10)12-2;/h9H,3-6H2,1-2H3;. The van der Waals surface area contributed by atoms with E-state index in [-0.39, 0.29) is 29.2 Å². The number of nitrogens with one attached hydrogen (secondary N) is 1. The molecule has 0 radical (unpaired) electrons. The number of esters is 1. The van der Waals surface area contributed by atoms with E-state index in [1.165, 1.54) is 14.2 Å². The van der Waals surface area contributed by atoms with Gasteiger partial charge in [0.25, 0.3) is 0 Å². The van der Waals surface area contributed by atoms with Crippen molar-refractivity contribution < 1.29 is 31.6 Å². The van der Waals surface area contributed by atoms with Crippen LogP contribution >= 0.6 is 0 Å². The Labute approximate surface area is 89.2 Å². The molecule has 0 rings (SSSR count). The van der Waals surface area contributed by atoms with E-state index in [2.05, 4.69) is 9.47 Å². The van der Waals surface area contributed by atoms with Crippen molar-refractivity contribution in [2.45, 2.75) is 25.7 Å². The van der Waals surface area contributed by atoms with Gasteiger partial charge in [-0.15, -0.1) is 0 Å². The Morgan fingerprint density at radius 2 is 1.69 bits per heavy atom. The zero-order valence-electron chi connectivity index (χ0n) is 7.96. The Morgan fingerprint density at radius 3 is 2.15 bits per heavy atom. The fraction of sp³-hybridized carbons (Fsp3) is 0.750. The molecule has 4 nitrogen and oxygen atoms in total. The number of ether oxygens (including phenoxy) is 2. The molecule has 0 aliphatic heterocycles. The van der Waals surface area contributed by atoms with Crippen molar-refractivity contribution in [1.82, 2.24) is 0 Å². The Bertz CT molecular complexity index is 143. The zero-order chi connectivity index (χ0) is 9.40. The van der Waals surface area contributed by atoms with Gasteiger partial charge in [-0.05, 0) is 12.8 Å². The Morgan fingerprint density at radius 1 is 1.15 bits per heavy atom. The molecule has 0 amide bonds. The molecule has 0 atom stereocenters. The largest absolute Gasteiger partial charge is 0.484 e. The third-order valence-electron chi connectivity index (χ3n) is 1.51. The first-order valence-corrected chi connectivity index (χ1v) is 3.89. The number of carbonyl (C=O) groups is 1. The van der Waals surface area contributed by atoms with E-state index in [1.807, 2.05) is 0 Å². The molecule has 0 fully saturated rings. The molecule has 1 N–H and O–H groups in total. The van der Waals surface area contributed by atoms with Gasteiger partial charge in [0.2, 0.25) is 0 Å². The number of unbranched alkanes of at least 4 members (excludes halogenated alkanes) is 1. The Kier molecular flexibility index (Phi) is 11.0. The number of hydrogen-bond acceptors (Lipinski definition) is 4. The maximum absolute atomic E-state index is 10.6. The first-order valence-electron chi connectivity index (χ1n) is 3.89. The molecule has 13 heavy (non-hydrogen) atoms. The van der Waals surface area contributed by atoms with Gasteiger partial charge in [0, 0.05) is 30.2 Å². The van der Waals surface area contributed by atoms with E-state index in [0.717, 1.165) is 12.8 Å². The predicted molar refractivity (Wildman–Crippen MR) is 45.2 cm³/mol. The maximum atomic E-state index is 10.6. The molecule has 0 aliphatic carbocycles. The summed E-state index contributed by atoms with van der Waals surface area (Å²) in [5.74, 6) is 0.0683. The van der Waals surface area contributed by atoms with Gasteiger partial charge in [0.1, 0.15) is 0 Å². The molecule has 0 saturated carbocycles. The van der Waals surface area contributed by atoms with Gasteiger partial charge in [-0.3, -0.25) is 10.2 Å². The minimum atomic E-state index is -0.195. The van der Waals surface area contributed by atoms with E-state index in [0.29, 0.717) is 12.8 Å². The van der Waals surface area contributed by atoms with Crippen LogP contribution in [0.3, 0.4) is 0 Å². The van der Waals surface area contributed by atoms with E-state index >= 15 is 0 Å². The molecule has 0 aromatic rings. The van der Waals surface area contributed by atoms with E-state index in [9.17, 15) is 4.79 Å². The second-order valence-electron chi connectivity index (χ2n) is 2.41. The summed E-state index contributed by atoms with van der Waals surface area (Å²) in [5.41, 5.74) is 0. The van der Waals surface area contributed by atoms with Crippen LogP contribution < -0.4 is 0 Å². The summed E-state index contributed by atoms with van der Waals surface area (Å²) in [4.78, 5) is 10.6. The molecular formula is C8H15CrNO3. The molecule has 0 saturated heterocycles. The third-order valence-corrected chi connectivity index (χ3v) is 1.51. The van der Waals surface area contributed by atoms with Gasteiger partial charge in [-0.25, -0.2) is 0 Å². The average molecular weight is 225 g/mol. The molecule has 0 aromatic carbocycles. The molecule has 76 valence electrons. The van der Waals surface area contributed by atoms with Crippen LogP contribution in [0.15, 0.2) is 0 Å². The molecule has 0 heterocycles. The van der Waals surface area contributed by atoms with Crippen LogP contribution in [0.4, 0.5) is 0 Å². The van der Waals surface area contributed by atoms with E-state index < -0.39 is 0 Å². The monoisotopic (exact) mass is 225 g/mol. The number of carbonyl (C=O) groups excluding carboxylic acids is 1. The second-order valence-corrected chi connectivity index (χ2v) is 2.41. The van der Waals surface area contributed by atoms with Gasteiger partial charge in [-0.1, -0.05) is 0 Å². The van der Waals surface area contributed by atoms with Crippen molar-refractivity contribution in [2.75, 3.05) is 14.2 Å². The van der Waals surface area contributed by atoms with Crippen molar-refractivity contribution in [3.63, 3.8) is 0 Å². The molecular weight excluding hydrogens is 210 g/mol. The van der Waals surface area contributed by atoms with Gasteiger partial charge in [0.05, 0.1) is 14.2 Å². The third kappa shape index (κ3) is 9.39. The SMILES string of the molecule is COC(=N)CCCCC(=O)OC.[Cr]. The fourth-order valence-corrected chi connectivity index (χ4v) is 0.759. The van der Waals surface area contributed by atoms with Gasteiger partial charge >= 0.3 is 5.97 Å². The van der Waals surface area contributed by atoms with E-state index in [1.54, 1.807) is 0 Å². The minimum Gasteiger partial charge on any atom is -0.484 e. The molecule has 0 aromatic heterocycles. The zero-order valence-corrected chi connectivity index (χ0v) is 9.24.